The van der Waals surface area contributed by atoms with Gasteiger partial charge in [-0.2, -0.15) is 0 Å². The zero-order valence-electron chi connectivity index (χ0n) is 11.1. The number of carbonyl (C=O) groups excluding carboxylic acids is 2. The zero-order chi connectivity index (χ0) is 14.7. The second-order valence-corrected chi connectivity index (χ2v) is 4.62. The minimum Gasteiger partial charge on any atom is -0.454 e. The van der Waals surface area contributed by atoms with Crippen LogP contribution in [-0.2, 0) is 9.59 Å². The molecule has 0 bridgehead atoms. The van der Waals surface area contributed by atoms with Crippen molar-refractivity contribution in [3.8, 4) is 11.5 Å². The molecule has 2 atom stereocenters. The molecule has 2 amide bonds. The number of hydrogen-bond donors (Lipinski definition) is 3. The topological polar surface area (TPSA) is 117 Å². The molecule has 2 unspecified atom stereocenters. The number of fused-ring (bicyclic) bond motifs is 1. The largest absolute Gasteiger partial charge is 0.454 e. The second kappa shape index (κ2) is 5.79. The fourth-order valence-electron chi connectivity index (χ4n) is 1.90. The van der Waals surface area contributed by atoms with Gasteiger partial charge in [-0.05, 0) is 24.6 Å². The summed E-state index contributed by atoms with van der Waals surface area (Å²) >= 11 is 0. The van der Waals surface area contributed by atoms with E-state index in [4.69, 9.17) is 20.9 Å². The zero-order valence-corrected chi connectivity index (χ0v) is 11.1. The van der Waals surface area contributed by atoms with Gasteiger partial charge in [0.25, 0.3) is 0 Å². The van der Waals surface area contributed by atoms with Gasteiger partial charge in [0, 0.05) is 0 Å². The Morgan fingerprint density at radius 2 is 2.05 bits per heavy atom. The molecule has 0 spiro atoms. The van der Waals surface area contributed by atoms with Crippen LogP contribution in [0.2, 0.25) is 0 Å². The van der Waals surface area contributed by atoms with Crippen molar-refractivity contribution in [3.63, 3.8) is 0 Å². The van der Waals surface area contributed by atoms with Crippen molar-refractivity contribution in [2.45, 2.75) is 25.4 Å². The van der Waals surface area contributed by atoms with E-state index in [1.54, 1.807) is 12.1 Å². The van der Waals surface area contributed by atoms with Gasteiger partial charge in [0.2, 0.25) is 18.6 Å². The molecule has 1 aliphatic rings. The van der Waals surface area contributed by atoms with E-state index in [0.717, 1.165) is 5.56 Å². The maximum absolute atomic E-state index is 11.8. The number of primary amides is 1. The summed E-state index contributed by atoms with van der Waals surface area (Å²) in [5.74, 6) is 0.292. The van der Waals surface area contributed by atoms with Crippen LogP contribution in [0.4, 0.5) is 0 Å². The molecule has 0 fully saturated rings. The van der Waals surface area contributed by atoms with Crippen molar-refractivity contribution in [3.05, 3.63) is 23.8 Å². The lowest BCUT2D eigenvalue weighted by atomic mass is 10.1. The molecule has 1 aromatic rings. The Labute approximate surface area is 116 Å². The molecule has 0 aromatic heterocycles. The number of hydrogen-bond acceptors (Lipinski definition) is 5. The van der Waals surface area contributed by atoms with Gasteiger partial charge in [-0.25, -0.2) is 0 Å². The van der Waals surface area contributed by atoms with Gasteiger partial charge < -0.3 is 26.3 Å². The van der Waals surface area contributed by atoms with Crippen molar-refractivity contribution in [1.82, 2.24) is 5.32 Å². The van der Waals surface area contributed by atoms with Crippen molar-refractivity contribution in [2.75, 3.05) is 6.79 Å². The SMILES string of the molecule is CC(NC(=O)C(N)CC(N)=O)c1ccc2c(c1)OCO2. The summed E-state index contributed by atoms with van der Waals surface area (Å²) in [7, 11) is 0. The number of carbonyl (C=O) groups is 2. The summed E-state index contributed by atoms with van der Waals surface area (Å²) in [6.45, 7) is 2.01. The molecular formula is C13H17N3O4. The molecule has 0 aliphatic carbocycles. The second-order valence-electron chi connectivity index (χ2n) is 4.62. The van der Waals surface area contributed by atoms with E-state index < -0.39 is 17.9 Å². The normalized spacial score (nSPS) is 15.5. The van der Waals surface area contributed by atoms with Crippen LogP contribution >= 0.6 is 0 Å². The van der Waals surface area contributed by atoms with Crippen molar-refractivity contribution >= 4 is 11.8 Å². The van der Waals surface area contributed by atoms with Gasteiger partial charge in [0.15, 0.2) is 11.5 Å². The van der Waals surface area contributed by atoms with E-state index in [9.17, 15) is 9.59 Å². The van der Waals surface area contributed by atoms with Crippen LogP contribution in [0.3, 0.4) is 0 Å². The quantitative estimate of drug-likeness (QED) is 0.689. The summed E-state index contributed by atoms with van der Waals surface area (Å²) in [5, 5.41) is 2.72. The third-order valence-electron chi connectivity index (χ3n) is 3.01. The molecule has 0 radical (unpaired) electrons. The summed E-state index contributed by atoms with van der Waals surface area (Å²) in [4.78, 5) is 22.5. The summed E-state index contributed by atoms with van der Waals surface area (Å²) in [6, 6.07) is 4.20. The van der Waals surface area contributed by atoms with Crippen LogP contribution in [0.5, 0.6) is 11.5 Å². The number of ether oxygens (including phenoxy) is 2. The molecule has 2 rings (SSSR count). The highest BCUT2D eigenvalue weighted by atomic mass is 16.7. The molecule has 108 valence electrons. The summed E-state index contributed by atoms with van der Waals surface area (Å²) < 4.78 is 10.5. The fourth-order valence-corrected chi connectivity index (χ4v) is 1.90. The third kappa shape index (κ3) is 3.18. The molecule has 1 aromatic carbocycles. The first-order chi connectivity index (χ1) is 9.47. The van der Waals surface area contributed by atoms with Crippen LogP contribution in [0.1, 0.15) is 24.9 Å². The highest BCUT2D eigenvalue weighted by Gasteiger charge is 2.20. The maximum Gasteiger partial charge on any atom is 0.237 e. The maximum atomic E-state index is 11.8. The van der Waals surface area contributed by atoms with E-state index >= 15 is 0 Å². The molecule has 0 saturated carbocycles. The van der Waals surface area contributed by atoms with E-state index in [2.05, 4.69) is 5.32 Å². The summed E-state index contributed by atoms with van der Waals surface area (Å²) in [5.41, 5.74) is 11.4. The lowest BCUT2D eigenvalue weighted by Crippen LogP contribution is -2.43. The monoisotopic (exact) mass is 279 g/mol. The van der Waals surface area contributed by atoms with E-state index in [1.165, 1.54) is 0 Å². The Balaban J connectivity index is 1.99. The molecule has 7 heteroatoms. The molecule has 5 N–H and O–H groups in total. The molecule has 7 nitrogen and oxygen atoms in total. The lowest BCUT2D eigenvalue weighted by Gasteiger charge is -2.17. The Morgan fingerprint density at radius 1 is 1.35 bits per heavy atom. The van der Waals surface area contributed by atoms with Gasteiger partial charge in [0.05, 0.1) is 18.5 Å². The van der Waals surface area contributed by atoms with Gasteiger partial charge in [-0.15, -0.1) is 0 Å². The molecule has 20 heavy (non-hydrogen) atoms. The van der Waals surface area contributed by atoms with Crippen molar-refractivity contribution < 1.29 is 19.1 Å². The fraction of sp³-hybridized carbons (Fsp3) is 0.385. The molecular weight excluding hydrogens is 262 g/mol. The Hall–Kier alpha value is -2.28. The van der Waals surface area contributed by atoms with Crippen LogP contribution in [-0.4, -0.2) is 24.6 Å². The van der Waals surface area contributed by atoms with Gasteiger partial charge in [0.1, 0.15) is 0 Å². The first-order valence-electron chi connectivity index (χ1n) is 6.21. The van der Waals surface area contributed by atoms with E-state index in [0.29, 0.717) is 11.5 Å². The number of rotatable bonds is 5. The number of benzene rings is 1. The minimum atomic E-state index is -0.941. The first kappa shape index (κ1) is 14.1. The molecule has 1 heterocycles. The first-order valence-corrected chi connectivity index (χ1v) is 6.21. The lowest BCUT2D eigenvalue weighted by molar-refractivity contribution is -0.126. The Bertz CT molecular complexity index is 532. The smallest absolute Gasteiger partial charge is 0.237 e. The standard InChI is InChI=1S/C13H17N3O4/c1-7(16-13(18)9(14)5-12(15)17)8-2-3-10-11(4-8)20-6-19-10/h2-4,7,9H,5-6,14H2,1H3,(H2,15,17)(H,16,18). The Morgan fingerprint density at radius 3 is 2.75 bits per heavy atom. The highest BCUT2D eigenvalue weighted by molar-refractivity contribution is 5.87. The number of nitrogens with two attached hydrogens (primary N) is 2. The van der Waals surface area contributed by atoms with Crippen LogP contribution in [0.15, 0.2) is 18.2 Å². The van der Waals surface area contributed by atoms with Crippen molar-refractivity contribution in [2.24, 2.45) is 11.5 Å². The van der Waals surface area contributed by atoms with Crippen molar-refractivity contribution in [1.29, 1.82) is 0 Å². The summed E-state index contributed by atoms with van der Waals surface area (Å²) in [6.07, 6.45) is -0.181. The number of nitrogens with one attached hydrogen (secondary N) is 1. The predicted molar refractivity (Wildman–Crippen MR) is 70.9 cm³/mol. The average molecular weight is 279 g/mol. The number of amides is 2. The van der Waals surface area contributed by atoms with E-state index in [-0.39, 0.29) is 19.3 Å². The van der Waals surface area contributed by atoms with Gasteiger partial charge in [-0.1, -0.05) is 6.07 Å². The van der Waals surface area contributed by atoms with Crippen LogP contribution < -0.4 is 26.3 Å². The molecule has 0 saturated heterocycles. The highest BCUT2D eigenvalue weighted by Crippen LogP contribution is 2.34. The van der Waals surface area contributed by atoms with Crippen LogP contribution in [0.25, 0.3) is 0 Å². The predicted octanol–water partition coefficient (Wildman–Crippen LogP) is -0.205. The minimum absolute atomic E-state index is 0.181. The van der Waals surface area contributed by atoms with Gasteiger partial charge in [-0.3, -0.25) is 9.59 Å². The van der Waals surface area contributed by atoms with Gasteiger partial charge >= 0.3 is 0 Å². The van der Waals surface area contributed by atoms with E-state index in [1.807, 2.05) is 13.0 Å². The Kier molecular flexibility index (Phi) is 4.09. The third-order valence-corrected chi connectivity index (χ3v) is 3.01. The molecule has 1 aliphatic heterocycles. The van der Waals surface area contributed by atoms with Crippen LogP contribution in [0, 0.1) is 0 Å². The average Bonchev–Trinajstić information content (AvgIpc) is 2.84.